The van der Waals surface area contributed by atoms with Gasteiger partial charge in [0, 0.05) is 5.56 Å². The Balaban J connectivity index is 2.30. The second-order valence-electron chi connectivity index (χ2n) is 7.83. The van der Waals surface area contributed by atoms with E-state index in [-0.39, 0.29) is 40.1 Å². The fourth-order valence-electron chi connectivity index (χ4n) is 3.39. The molecule has 0 aliphatic rings. The number of aliphatic carboxylic acids is 1. The van der Waals surface area contributed by atoms with Gasteiger partial charge in [-0.15, -0.1) is 0 Å². The number of fused-ring (bicyclic) bond motifs is 1. The molecule has 0 bridgehead atoms. The number of carboxylic acids is 1. The molecule has 0 fully saturated rings. The first-order valence-corrected chi connectivity index (χ1v) is 9.66. The molecule has 0 aliphatic heterocycles. The summed E-state index contributed by atoms with van der Waals surface area (Å²) in [4.78, 5) is 11.8. The molecule has 33 heavy (non-hydrogen) atoms. The molecule has 3 rings (SSSR count). The van der Waals surface area contributed by atoms with E-state index in [0.29, 0.717) is 6.07 Å². The quantitative estimate of drug-likeness (QED) is 0.417. The average molecular weight is 476 g/mol. The third-order valence-electron chi connectivity index (χ3n) is 4.77. The van der Waals surface area contributed by atoms with Gasteiger partial charge in [0.05, 0.1) is 11.5 Å². The van der Waals surface area contributed by atoms with Crippen molar-refractivity contribution in [2.75, 3.05) is 6.61 Å². The first kappa shape index (κ1) is 24.3. The van der Waals surface area contributed by atoms with Crippen LogP contribution >= 0.6 is 0 Å². The molecule has 0 saturated heterocycles. The van der Waals surface area contributed by atoms with Gasteiger partial charge in [-0.2, -0.15) is 26.3 Å². The summed E-state index contributed by atoms with van der Waals surface area (Å²) in [5.41, 5.74) is -1.64. The summed E-state index contributed by atoms with van der Waals surface area (Å²) in [5.74, 6) is -3.92. The molecule has 178 valence electrons. The Morgan fingerprint density at radius 2 is 1.73 bits per heavy atom. The maximum Gasteiger partial charge on any atom is 0.422 e. The lowest BCUT2D eigenvalue weighted by atomic mass is 9.86. The molecule has 0 aliphatic carbocycles. The topological polar surface area (TPSA) is 85.5 Å². The van der Waals surface area contributed by atoms with E-state index < -0.39 is 42.2 Å². The van der Waals surface area contributed by atoms with Gasteiger partial charge in [-0.1, -0.05) is 19.9 Å². The molecule has 1 N–H and O–H groups in total. The summed E-state index contributed by atoms with van der Waals surface area (Å²) in [6, 6.07) is 5.58. The summed E-state index contributed by atoms with van der Waals surface area (Å²) in [5, 5.41) is 16.8. The van der Waals surface area contributed by atoms with Crippen LogP contribution in [0, 0.1) is 5.92 Å². The lowest BCUT2D eigenvalue weighted by Gasteiger charge is -2.23. The predicted molar refractivity (Wildman–Crippen MR) is 104 cm³/mol. The number of alkyl halides is 6. The van der Waals surface area contributed by atoms with Crippen LogP contribution in [0.15, 0.2) is 35.0 Å². The molecule has 6 nitrogen and oxygen atoms in total. The molecular weight excluding hydrogens is 458 g/mol. The van der Waals surface area contributed by atoms with Gasteiger partial charge >= 0.3 is 18.3 Å². The maximum absolute atomic E-state index is 13.9. The van der Waals surface area contributed by atoms with Gasteiger partial charge in [0.15, 0.2) is 6.61 Å². The summed E-state index contributed by atoms with van der Waals surface area (Å²) < 4.78 is 89.4. The van der Waals surface area contributed by atoms with E-state index in [9.17, 15) is 36.2 Å². The summed E-state index contributed by atoms with van der Waals surface area (Å²) in [6.45, 7) is 1.44. The largest absolute Gasteiger partial charge is 0.483 e. The molecule has 0 spiro atoms. The first-order valence-electron chi connectivity index (χ1n) is 9.66. The Kier molecular flexibility index (Phi) is 6.57. The number of hydrogen-bond donors (Lipinski definition) is 1. The highest BCUT2D eigenvalue weighted by atomic mass is 19.4. The Morgan fingerprint density at radius 1 is 1.06 bits per heavy atom. The van der Waals surface area contributed by atoms with Crippen LogP contribution in [0.3, 0.4) is 0 Å². The molecule has 0 radical (unpaired) electrons. The van der Waals surface area contributed by atoms with Gasteiger partial charge in [0.2, 0.25) is 0 Å². The van der Waals surface area contributed by atoms with Crippen LogP contribution < -0.4 is 4.74 Å². The van der Waals surface area contributed by atoms with E-state index in [2.05, 4.69) is 19.7 Å². The Morgan fingerprint density at radius 3 is 2.30 bits per heavy atom. The number of nitrogens with zero attached hydrogens (tertiary/aromatic N) is 2. The van der Waals surface area contributed by atoms with Crippen LogP contribution in [0.2, 0.25) is 0 Å². The minimum atomic E-state index is -5.12. The van der Waals surface area contributed by atoms with Crippen molar-refractivity contribution in [3.8, 4) is 16.9 Å². The number of benzene rings is 2. The SMILES string of the molecule is CC(C)CC(C(=O)O)c1cc(-c2ccc3nonc3c2)c(OCC(F)(F)F)c(C(F)(F)F)c1. The molecule has 1 atom stereocenters. The highest BCUT2D eigenvalue weighted by Gasteiger charge is 2.39. The van der Waals surface area contributed by atoms with Crippen molar-refractivity contribution in [3.05, 3.63) is 41.5 Å². The molecule has 0 saturated carbocycles. The van der Waals surface area contributed by atoms with Crippen molar-refractivity contribution in [1.82, 2.24) is 10.3 Å². The highest BCUT2D eigenvalue weighted by Crippen LogP contribution is 2.45. The van der Waals surface area contributed by atoms with Crippen molar-refractivity contribution < 1.29 is 45.6 Å². The van der Waals surface area contributed by atoms with Gasteiger partial charge in [0.1, 0.15) is 16.8 Å². The minimum Gasteiger partial charge on any atom is -0.483 e. The molecule has 3 aromatic rings. The zero-order valence-corrected chi connectivity index (χ0v) is 17.3. The summed E-state index contributed by atoms with van der Waals surface area (Å²) in [7, 11) is 0. The number of carbonyl (C=O) groups is 1. The number of carboxylic acid groups (broad SMARTS) is 1. The summed E-state index contributed by atoms with van der Waals surface area (Å²) in [6.07, 6.45) is -10.0. The maximum atomic E-state index is 13.9. The van der Waals surface area contributed by atoms with E-state index in [1.807, 2.05) is 0 Å². The van der Waals surface area contributed by atoms with E-state index >= 15 is 0 Å². The predicted octanol–water partition coefficient (Wildman–Crippen LogP) is 6.06. The Labute approximate surface area is 183 Å². The fourth-order valence-corrected chi connectivity index (χ4v) is 3.39. The summed E-state index contributed by atoms with van der Waals surface area (Å²) >= 11 is 0. The minimum absolute atomic E-state index is 0.0149. The molecule has 1 heterocycles. The van der Waals surface area contributed by atoms with Gasteiger partial charge in [-0.05, 0) is 58.0 Å². The van der Waals surface area contributed by atoms with Gasteiger partial charge < -0.3 is 9.84 Å². The molecule has 12 heteroatoms. The number of aromatic nitrogens is 2. The van der Waals surface area contributed by atoms with Gasteiger partial charge in [0.25, 0.3) is 0 Å². The smallest absolute Gasteiger partial charge is 0.422 e. The number of hydrogen-bond acceptors (Lipinski definition) is 5. The molecule has 2 aromatic carbocycles. The van der Waals surface area contributed by atoms with E-state index in [1.165, 1.54) is 18.2 Å². The first-order chi connectivity index (χ1) is 15.3. The Bertz CT molecular complexity index is 1150. The third kappa shape index (κ3) is 5.74. The van der Waals surface area contributed by atoms with Gasteiger partial charge in [-0.25, -0.2) is 4.63 Å². The van der Waals surface area contributed by atoms with Crippen molar-refractivity contribution in [1.29, 1.82) is 0 Å². The number of rotatable bonds is 7. The monoisotopic (exact) mass is 476 g/mol. The van der Waals surface area contributed by atoms with Crippen molar-refractivity contribution in [2.24, 2.45) is 5.92 Å². The average Bonchev–Trinajstić information content (AvgIpc) is 3.16. The lowest BCUT2D eigenvalue weighted by Crippen LogP contribution is -2.22. The van der Waals surface area contributed by atoms with E-state index in [0.717, 1.165) is 6.07 Å². The molecular formula is C21H18F6N2O4. The van der Waals surface area contributed by atoms with Crippen LogP contribution in [-0.2, 0) is 11.0 Å². The normalized spacial score (nSPS) is 13.5. The second kappa shape index (κ2) is 8.91. The van der Waals surface area contributed by atoms with Crippen LogP contribution in [0.5, 0.6) is 5.75 Å². The van der Waals surface area contributed by atoms with Crippen LogP contribution in [0.4, 0.5) is 26.3 Å². The fraction of sp³-hybridized carbons (Fsp3) is 0.381. The third-order valence-corrected chi connectivity index (χ3v) is 4.77. The molecule has 0 amide bonds. The van der Waals surface area contributed by atoms with Gasteiger partial charge in [-0.3, -0.25) is 4.79 Å². The molecule has 1 aromatic heterocycles. The van der Waals surface area contributed by atoms with E-state index in [4.69, 9.17) is 0 Å². The second-order valence-corrected chi connectivity index (χ2v) is 7.83. The zero-order valence-electron chi connectivity index (χ0n) is 17.3. The lowest BCUT2D eigenvalue weighted by molar-refractivity contribution is -0.158. The zero-order chi connectivity index (χ0) is 24.6. The number of halogens is 6. The van der Waals surface area contributed by atoms with Crippen molar-refractivity contribution in [3.63, 3.8) is 0 Å². The number of ether oxygens (including phenoxy) is 1. The van der Waals surface area contributed by atoms with Crippen LogP contribution in [-0.4, -0.2) is 34.2 Å². The standard InChI is InChI=1S/C21H18F6N2O4/c1-10(2)5-14(19(30)31)12-6-13(11-3-4-16-17(8-11)29-33-28-16)18(32-9-20(22,23)24)15(7-12)21(25,26)27/h3-4,6-8,10,14H,5,9H2,1-2H3,(H,30,31). The van der Waals surface area contributed by atoms with Crippen LogP contribution in [0.25, 0.3) is 22.2 Å². The van der Waals surface area contributed by atoms with Crippen LogP contribution in [0.1, 0.15) is 37.3 Å². The highest BCUT2D eigenvalue weighted by molar-refractivity contribution is 5.85. The van der Waals surface area contributed by atoms with Crippen molar-refractivity contribution in [2.45, 2.75) is 38.5 Å². The van der Waals surface area contributed by atoms with E-state index in [1.54, 1.807) is 13.8 Å². The van der Waals surface area contributed by atoms with Crippen molar-refractivity contribution >= 4 is 17.0 Å². The molecule has 1 unspecified atom stereocenters. The Hall–Kier alpha value is -3.31.